The number of carbonyl (C=O) groups is 1. The van der Waals surface area contributed by atoms with Gasteiger partial charge in [-0.05, 0) is 34.6 Å². The second-order valence-corrected chi connectivity index (χ2v) is 5.51. The summed E-state index contributed by atoms with van der Waals surface area (Å²) in [6.45, 7) is 14.0. The average molecular weight is 241 g/mol. The molecular formula is C13H27N3O. The van der Waals surface area contributed by atoms with Crippen LogP contribution in [0.25, 0.3) is 0 Å². The van der Waals surface area contributed by atoms with Crippen LogP contribution in [0.4, 0.5) is 0 Å². The molecule has 0 saturated carbocycles. The minimum Gasteiger partial charge on any atom is -0.337 e. The standard InChI is InChI=1S/C13H27N3O/c1-10(2)16(11(3)4)13(17)9-15-7-6-14-8-12(15)5/h10-12,14H,6-9H2,1-5H3/t12-/m1/s1. The van der Waals surface area contributed by atoms with Gasteiger partial charge in [0, 0.05) is 37.8 Å². The summed E-state index contributed by atoms with van der Waals surface area (Å²) in [5.41, 5.74) is 0. The molecule has 1 N–H and O–H groups in total. The Hall–Kier alpha value is -0.610. The average Bonchev–Trinajstić information content (AvgIpc) is 2.20. The van der Waals surface area contributed by atoms with Gasteiger partial charge < -0.3 is 10.2 Å². The normalized spacial score (nSPS) is 22.2. The largest absolute Gasteiger partial charge is 0.337 e. The summed E-state index contributed by atoms with van der Waals surface area (Å²) in [5.74, 6) is 0.253. The fourth-order valence-corrected chi connectivity index (χ4v) is 2.55. The third kappa shape index (κ3) is 3.96. The molecule has 1 heterocycles. The lowest BCUT2D eigenvalue weighted by Crippen LogP contribution is -2.54. The molecule has 0 aliphatic carbocycles. The molecule has 0 aromatic heterocycles. The molecule has 1 aliphatic rings. The van der Waals surface area contributed by atoms with Crippen LogP contribution in [0, 0.1) is 0 Å². The zero-order chi connectivity index (χ0) is 13.0. The Bertz CT molecular complexity index is 245. The van der Waals surface area contributed by atoms with Gasteiger partial charge in [-0.1, -0.05) is 0 Å². The van der Waals surface area contributed by atoms with Gasteiger partial charge in [-0.15, -0.1) is 0 Å². The highest BCUT2D eigenvalue weighted by Gasteiger charge is 2.25. The molecule has 1 rings (SSSR count). The summed E-state index contributed by atoms with van der Waals surface area (Å²) in [5, 5.41) is 3.35. The molecule has 0 radical (unpaired) electrons. The van der Waals surface area contributed by atoms with Crippen LogP contribution in [0.1, 0.15) is 34.6 Å². The Kier molecular flexibility index (Phi) is 5.40. The van der Waals surface area contributed by atoms with Crippen molar-refractivity contribution in [2.24, 2.45) is 0 Å². The van der Waals surface area contributed by atoms with E-state index in [1.807, 2.05) is 4.90 Å². The predicted molar refractivity (Wildman–Crippen MR) is 71.0 cm³/mol. The lowest BCUT2D eigenvalue weighted by atomic mass is 10.2. The highest BCUT2D eigenvalue weighted by Crippen LogP contribution is 2.09. The van der Waals surface area contributed by atoms with Crippen LogP contribution in [0.5, 0.6) is 0 Å². The summed E-state index contributed by atoms with van der Waals surface area (Å²) < 4.78 is 0. The Labute approximate surface area is 105 Å². The van der Waals surface area contributed by atoms with Crippen molar-refractivity contribution in [3.05, 3.63) is 0 Å². The molecule has 0 spiro atoms. The van der Waals surface area contributed by atoms with E-state index in [9.17, 15) is 4.79 Å². The van der Waals surface area contributed by atoms with Gasteiger partial charge in [-0.3, -0.25) is 9.69 Å². The number of nitrogens with zero attached hydrogens (tertiary/aromatic N) is 2. The van der Waals surface area contributed by atoms with Gasteiger partial charge in [-0.25, -0.2) is 0 Å². The minimum absolute atomic E-state index is 0.253. The molecule has 1 amide bonds. The molecular weight excluding hydrogens is 214 g/mol. The molecule has 1 fully saturated rings. The Balaban J connectivity index is 2.56. The quantitative estimate of drug-likeness (QED) is 0.795. The maximum Gasteiger partial charge on any atom is 0.237 e. The Morgan fingerprint density at radius 1 is 1.35 bits per heavy atom. The molecule has 4 heteroatoms. The molecule has 0 aromatic rings. The van der Waals surface area contributed by atoms with E-state index in [1.165, 1.54) is 0 Å². The first kappa shape index (κ1) is 14.5. The molecule has 4 nitrogen and oxygen atoms in total. The van der Waals surface area contributed by atoms with Crippen molar-refractivity contribution in [1.82, 2.24) is 15.1 Å². The molecule has 0 unspecified atom stereocenters. The van der Waals surface area contributed by atoms with Gasteiger partial charge in [0.05, 0.1) is 6.54 Å². The van der Waals surface area contributed by atoms with Gasteiger partial charge in [0.1, 0.15) is 0 Å². The molecule has 1 saturated heterocycles. The highest BCUT2D eigenvalue weighted by atomic mass is 16.2. The van der Waals surface area contributed by atoms with Gasteiger partial charge in [0.15, 0.2) is 0 Å². The van der Waals surface area contributed by atoms with Crippen molar-refractivity contribution in [3.8, 4) is 0 Å². The molecule has 17 heavy (non-hydrogen) atoms. The van der Waals surface area contributed by atoms with Crippen LogP contribution in [0.15, 0.2) is 0 Å². The van der Waals surface area contributed by atoms with E-state index in [0.717, 1.165) is 19.6 Å². The molecule has 0 aromatic carbocycles. The van der Waals surface area contributed by atoms with E-state index < -0.39 is 0 Å². The van der Waals surface area contributed by atoms with E-state index in [-0.39, 0.29) is 18.0 Å². The number of hydrogen-bond acceptors (Lipinski definition) is 3. The van der Waals surface area contributed by atoms with Crippen LogP contribution in [-0.2, 0) is 4.79 Å². The Morgan fingerprint density at radius 3 is 2.41 bits per heavy atom. The fraction of sp³-hybridized carbons (Fsp3) is 0.923. The zero-order valence-electron chi connectivity index (χ0n) is 11.9. The van der Waals surface area contributed by atoms with Gasteiger partial charge in [0.25, 0.3) is 0 Å². The first-order valence-electron chi connectivity index (χ1n) is 6.69. The molecule has 1 atom stereocenters. The molecule has 100 valence electrons. The second-order valence-electron chi connectivity index (χ2n) is 5.51. The lowest BCUT2D eigenvalue weighted by molar-refractivity contribution is -0.136. The number of piperazine rings is 1. The summed E-state index contributed by atoms with van der Waals surface area (Å²) in [4.78, 5) is 16.6. The van der Waals surface area contributed by atoms with Crippen molar-refractivity contribution in [2.45, 2.75) is 52.7 Å². The third-order valence-electron chi connectivity index (χ3n) is 3.38. The number of nitrogens with one attached hydrogen (secondary N) is 1. The van der Waals surface area contributed by atoms with Gasteiger partial charge >= 0.3 is 0 Å². The first-order valence-corrected chi connectivity index (χ1v) is 6.69. The second kappa shape index (κ2) is 6.36. The van der Waals surface area contributed by atoms with Crippen LogP contribution >= 0.6 is 0 Å². The summed E-state index contributed by atoms with van der Waals surface area (Å²) in [6.07, 6.45) is 0. The van der Waals surface area contributed by atoms with Crippen molar-refractivity contribution in [3.63, 3.8) is 0 Å². The number of hydrogen-bond donors (Lipinski definition) is 1. The fourth-order valence-electron chi connectivity index (χ4n) is 2.55. The van der Waals surface area contributed by atoms with E-state index >= 15 is 0 Å². The topological polar surface area (TPSA) is 35.6 Å². The van der Waals surface area contributed by atoms with E-state index in [4.69, 9.17) is 0 Å². The van der Waals surface area contributed by atoms with Crippen LogP contribution in [0.2, 0.25) is 0 Å². The van der Waals surface area contributed by atoms with Crippen molar-refractivity contribution < 1.29 is 4.79 Å². The van der Waals surface area contributed by atoms with E-state index in [0.29, 0.717) is 12.6 Å². The smallest absolute Gasteiger partial charge is 0.237 e. The van der Waals surface area contributed by atoms with Crippen molar-refractivity contribution in [2.75, 3.05) is 26.2 Å². The lowest BCUT2D eigenvalue weighted by Gasteiger charge is -2.37. The summed E-state index contributed by atoms with van der Waals surface area (Å²) in [6, 6.07) is 1.01. The first-order chi connectivity index (χ1) is 7.93. The van der Waals surface area contributed by atoms with E-state index in [1.54, 1.807) is 0 Å². The molecule has 0 bridgehead atoms. The Morgan fingerprint density at radius 2 is 1.94 bits per heavy atom. The zero-order valence-corrected chi connectivity index (χ0v) is 11.9. The maximum absolute atomic E-state index is 12.3. The van der Waals surface area contributed by atoms with Gasteiger partial charge in [0.2, 0.25) is 5.91 Å². The number of amides is 1. The highest BCUT2D eigenvalue weighted by molar-refractivity contribution is 5.78. The number of rotatable bonds is 4. The number of carbonyl (C=O) groups excluding carboxylic acids is 1. The summed E-state index contributed by atoms with van der Waals surface area (Å²) in [7, 11) is 0. The summed E-state index contributed by atoms with van der Waals surface area (Å²) >= 11 is 0. The van der Waals surface area contributed by atoms with Crippen LogP contribution in [-0.4, -0.2) is 60.0 Å². The van der Waals surface area contributed by atoms with Crippen LogP contribution < -0.4 is 5.32 Å². The van der Waals surface area contributed by atoms with E-state index in [2.05, 4.69) is 44.8 Å². The maximum atomic E-state index is 12.3. The molecule has 1 aliphatic heterocycles. The third-order valence-corrected chi connectivity index (χ3v) is 3.38. The minimum atomic E-state index is 0.253. The van der Waals surface area contributed by atoms with Crippen LogP contribution in [0.3, 0.4) is 0 Å². The predicted octanol–water partition coefficient (Wildman–Crippen LogP) is 0.926. The van der Waals surface area contributed by atoms with Gasteiger partial charge in [-0.2, -0.15) is 0 Å². The van der Waals surface area contributed by atoms with Crippen molar-refractivity contribution >= 4 is 5.91 Å². The monoisotopic (exact) mass is 241 g/mol. The van der Waals surface area contributed by atoms with Crippen molar-refractivity contribution in [1.29, 1.82) is 0 Å². The SMILES string of the molecule is CC(C)N(C(=O)CN1CCNC[C@H]1C)C(C)C.